The summed E-state index contributed by atoms with van der Waals surface area (Å²) in [5.41, 5.74) is 0.0269. The number of thiazole rings is 1. The lowest BCUT2D eigenvalue weighted by Crippen LogP contribution is -2.50. The Labute approximate surface area is 162 Å². The molecule has 0 bridgehead atoms. The molecule has 0 radical (unpaired) electrons. The zero-order valence-corrected chi connectivity index (χ0v) is 16.0. The van der Waals surface area contributed by atoms with E-state index in [1.165, 1.54) is 17.8 Å². The Kier molecular flexibility index (Phi) is 4.75. The summed E-state index contributed by atoms with van der Waals surface area (Å²) >= 11 is 1.31. The molecular formula is C20H21N3O3S. The molecule has 0 saturated heterocycles. The number of amides is 1. The quantitative estimate of drug-likeness (QED) is 0.858. The number of aromatic nitrogens is 1. The first-order valence-corrected chi connectivity index (χ1v) is 10.0. The molecule has 6 nitrogen and oxygen atoms in total. The highest BCUT2D eigenvalue weighted by Crippen LogP contribution is 2.37. The average molecular weight is 383 g/mol. The van der Waals surface area contributed by atoms with E-state index in [9.17, 15) is 10.1 Å². The molecule has 2 heterocycles. The third kappa shape index (κ3) is 3.50. The summed E-state index contributed by atoms with van der Waals surface area (Å²) in [6, 6.07) is 7.94. The van der Waals surface area contributed by atoms with Gasteiger partial charge in [-0.25, -0.2) is 4.98 Å². The van der Waals surface area contributed by atoms with Gasteiger partial charge in [0.05, 0.1) is 12.3 Å². The van der Waals surface area contributed by atoms with Gasteiger partial charge in [-0.1, -0.05) is 19.3 Å². The summed E-state index contributed by atoms with van der Waals surface area (Å²) in [5, 5.41) is 13.4. The van der Waals surface area contributed by atoms with E-state index in [2.05, 4.69) is 16.4 Å². The predicted molar refractivity (Wildman–Crippen MR) is 102 cm³/mol. The molecule has 4 rings (SSSR count). The lowest BCUT2D eigenvalue weighted by Gasteiger charge is -2.34. The zero-order valence-electron chi connectivity index (χ0n) is 15.2. The number of nitriles is 1. The second-order valence-corrected chi connectivity index (χ2v) is 8.23. The van der Waals surface area contributed by atoms with Crippen molar-refractivity contribution in [1.82, 2.24) is 10.3 Å². The van der Waals surface area contributed by atoms with Crippen LogP contribution in [0.15, 0.2) is 24.4 Å². The van der Waals surface area contributed by atoms with Gasteiger partial charge in [0.15, 0.2) is 11.5 Å². The van der Waals surface area contributed by atoms with Crippen LogP contribution in [0.1, 0.15) is 48.7 Å². The number of carbonyl (C=O) groups is 1. The van der Waals surface area contributed by atoms with E-state index in [1.54, 1.807) is 6.20 Å². The molecule has 1 unspecified atom stereocenters. The molecule has 1 N–H and O–H groups in total. The van der Waals surface area contributed by atoms with Crippen LogP contribution in [-0.2, 0) is 0 Å². The van der Waals surface area contributed by atoms with E-state index < -0.39 is 5.54 Å². The van der Waals surface area contributed by atoms with Crippen LogP contribution in [0.3, 0.4) is 0 Å². The maximum atomic E-state index is 12.8. The van der Waals surface area contributed by atoms with Crippen molar-refractivity contribution in [2.45, 2.75) is 44.6 Å². The molecule has 1 aromatic carbocycles. The van der Waals surface area contributed by atoms with Crippen LogP contribution in [0.25, 0.3) is 10.6 Å². The molecule has 2 aliphatic rings. The van der Waals surface area contributed by atoms with Gasteiger partial charge < -0.3 is 14.8 Å². The van der Waals surface area contributed by atoms with Crippen LogP contribution in [0.2, 0.25) is 0 Å². The molecule has 1 amide bonds. The fourth-order valence-electron chi connectivity index (χ4n) is 3.74. The number of rotatable bonds is 4. The van der Waals surface area contributed by atoms with Crippen LogP contribution >= 0.6 is 11.3 Å². The van der Waals surface area contributed by atoms with Gasteiger partial charge in [-0.2, -0.15) is 5.26 Å². The Bertz CT molecular complexity index is 898. The topological polar surface area (TPSA) is 84.2 Å². The first-order chi connectivity index (χ1) is 13.1. The van der Waals surface area contributed by atoms with Crippen molar-refractivity contribution in [2.24, 2.45) is 5.92 Å². The minimum atomic E-state index is -0.847. The van der Waals surface area contributed by atoms with Crippen molar-refractivity contribution in [2.75, 3.05) is 6.79 Å². The van der Waals surface area contributed by atoms with Crippen molar-refractivity contribution in [3.8, 4) is 28.1 Å². The number of nitrogens with zero attached hydrogens (tertiary/aromatic N) is 2. The van der Waals surface area contributed by atoms with Gasteiger partial charge in [-0.05, 0) is 43.9 Å². The summed E-state index contributed by atoms with van der Waals surface area (Å²) in [7, 11) is 0. The predicted octanol–water partition coefficient (Wildman–Crippen LogP) is 4.13. The average Bonchev–Trinajstić information content (AvgIpc) is 3.37. The molecule has 1 saturated carbocycles. The molecule has 140 valence electrons. The van der Waals surface area contributed by atoms with Crippen LogP contribution in [-0.4, -0.2) is 23.2 Å². The minimum Gasteiger partial charge on any atom is -0.454 e. The second-order valence-electron chi connectivity index (χ2n) is 7.20. The maximum Gasteiger partial charge on any atom is 0.264 e. The van der Waals surface area contributed by atoms with Gasteiger partial charge in [-0.15, -0.1) is 11.3 Å². The van der Waals surface area contributed by atoms with Gasteiger partial charge >= 0.3 is 0 Å². The third-order valence-electron chi connectivity index (χ3n) is 5.38. The molecule has 0 spiro atoms. The fraction of sp³-hybridized carbons (Fsp3) is 0.450. The highest BCUT2D eigenvalue weighted by Gasteiger charge is 2.37. The van der Waals surface area contributed by atoms with E-state index in [0.717, 1.165) is 36.3 Å². The van der Waals surface area contributed by atoms with Crippen LogP contribution in [0.5, 0.6) is 11.5 Å². The highest BCUT2D eigenvalue weighted by atomic mass is 32.1. The van der Waals surface area contributed by atoms with Crippen LogP contribution < -0.4 is 14.8 Å². The van der Waals surface area contributed by atoms with Gasteiger partial charge in [0.2, 0.25) is 6.79 Å². The highest BCUT2D eigenvalue weighted by molar-refractivity contribution is 7.16. The minimum absolute atomic E-state index is 0.196. The third-order valence-corrected chi connectivity index (χ3v) is 6.42. The van der Waals surface area contributed by atoms with Crippen molar-refractivity contribution in [1.29, 1.82) is 5.26 Å². The lowest BCUT2D eigenvalue weighted by atomic mass is 9.76. The monoisotopic (exact) mass is 383 g/mol. The number of nitrogens with one attached hydrogen (secondary N) is 1. The largest absolute Gasteiger partial charge is 0.454 e. The van der Waals surface area contributed by atoms with E-state index in [1.807, 2.05) is 25.1 Å². The molecule has 7 heteroatoms. The van der Waals surface area contributed by atoms with E-state index >= 15 is 0 Å². The molecule has 2 aromatic rings. The van der Waals surface area contributed by atoms with Gasteiger partial charge in [-0.3, -0.25) is 4.79 Å². The van der Waals surface area contributed by atoms with Crippen molar-refractivity contribution in [3.05, 3.63) is 29.3 Å². The SMILES string of the molecule is CC(C#N)(NC(=O)c1cnc(-c2ccc3c(c2)OCO3)s1)C1CCCCC1. The van der Waals surface area contributed by atoms with E-state index in [-0.39, 0.29) is 18.6 Å². The molecular weight excluding hydrogens is 362 g/mol. The summed E-state index contributed by atoms with van der Waals surface area (Å²) in [4.78, 5) is 17.6. The van der Waals surface area contributed by atoms with E-state index in [4.69, 9.17) is 9.47 Å². The Morgan fingerprint density at radius 1 is 1.30 bits per heavy atom. The Morgan fingerprint density at radius 2 is 2.07 bits per heavy atom. The molecule has 1 fully saturated rings. The summed E-state index contributed by atoms with van der Waals surface area (Å²) in [6.45, 7) is 2.05. The van der Waals surface area contributed by atoms with Crippen LogP contribution in [0, 0.1) is 17.2 Å². The lowest BCUT2D eigenvalue weighted by molar-refractivity contribution is 0.0890. The molecule has 27 heavy (non-hydrogen) atoms. The van der Waals surface area contributed by atoms with Gasteiger partial charge in [0, 0.05) is 5.56 Å². The van der Waals surface area contributed by atoms with Gasteiger partial charge in [0.1, 0.15) is 15.4 Å². The Balaban J connectivity index is 1.51. The first-order valence-electron chi connectivity index (χ1n) is 9.19. The van der Waals surface area contributed by atoms with Crippen molar-refractivity contribution < 1.29 is 14.3 Å². The van der Waals surface area contributed by atoms with Gasteiger partial charge in [0.25, 0.3) is 5.91 Å². The van der Waals surface area contributed by atoms with E-state index in [0.29, 0.717) is 16.4 Å². The second kappa shape index (κ2) is 7.20. The smallest absolute Gasteiger partial charge is 0.264 e. The fourth-order valence-corrected chi connectivity index (χ4v) is 4.55. The van der Waals surface area contributed by atoms with Crippen molar-refractivity contribution >= 4 is 17.2 Å². The Morgan fingerprint density at radius 3 is 2.85 bits per heavy atom. The number of carbonyl (C=O) groups excluding carboxylic acids is 1. The number of benzene rings is 1. The standard InChI is InChI=1S/C20H21N3O3S/c1-20(11-21,14-5-3-2-4-6-14)23-18(24)17-10-22-19(27-17)13-7-8-15-16(9-13)26-12-25-15/h7-10,14H,2-6,12H2,1H3,(H,23,24). The zero-order chi connectivity index (χ0) is 18.9. The Hall–Kier alpha value is -2.59. The number of fused-ring (bicyclic) bond motifs is 1. The number of hydrogen-bond acceptors (Lipinski definition) is 6. The number of ether oxygens (including phenoxy) is 2. The first kappa shape index (κ1) is 17.8. The maximum absolute atomic E-state index is 12.8. The normalized spacial score (nSPS) is 18.5. The van der Waals surface area contributed by atoms with Crippen molar-refractivity contribution in [3.63, 3.8) is 0 Å². The molecule has 1 aromatic heterocycles. The molecule has 1 aliphatic heterocycles. The summed E-state index contributed by atoms with van der Waals surface area (Å²) < 4.78 is 10.7. The molecule has 1 atom stereocenters. The number of hydrogen-bond donors (Lipinski definition) is 1. The molecule has 1 aliphatic carbocycles. The summed E-state index contributed by atoms with van der Waals surface area (Å²) in [6.07, 6.45) is 6.97. The summed E-state index contributed by atoms with van der Waals surface area (Å²) in [5.74, 6) is 1.35. The van der Waals surface area contributed by atoms with Crippen LogP contribution in [0.4, 0.5) is 0 Å².